The summed E-state index contributed by atoms with van der Waals surface area (Å²) in [4.78, 5) is 28.0. The number of hydrogen-bond acceptors (Lipinski definition) is 6. The van der Waals surface area contributed by atoms with Crippen LogP contribution in [-0.2, 0) is 0 Å². The van der Waals surface area contributed by atoms with Gasteiger partial charge in [-0.05, 0) is 37.1 Å². The summed E-state index contributed by atoms with van der Waals surface area (Å²) < 4.78 is 5.16. The molecule has 4 rings (SSSR count). The highest BCUT2D eigenvalue weighted by Gasteiger charge is 2.26. The summed E-state index contributed by atoms with van der Waals surface area (Å²) in [5.74, 6) is 0.811. The van der Waals surface area contributed by atoms with E-state index in [0.717, 1.165) is 12.8 Å². The number of furan rings is 1. The summed E-state index contributed by atoms with van der Waals surface area (Å²) in [6.45, 7) is 2.50. The fourth-order valence-electron chi connectivity index (χ4n) is 2.80. The third-order valence-electron chi connectivity index (χ3n) is 4.42. The Morgan fingerprint density at radius 3 is 2.48 bits per heavy atom. The molecule has 2 amide bonds. The molecule has 130 valence electrons. The lowest BCUT2D eigenvalue weighted by atomic mass is 10.2. The fraction of sp³-hybridized carbons (Fsp3) is 0.412. The number of nitrogens with one attached hydrogen (secondary N) is 1. The average Bonchev–Trinajstić information content (AvgIpc) is 3.30. The zero-order chi connectivity index (χ0) is 17.2. The molecule has 0 atom stereocenters. The van der Waals surface area contributed by atoms with Gasteiger partial charge in [0.1, 0.15) is 0 Å². The maximum absolute atomic E-state index is 12.3. The largest absolute Gasteiger partial charge is 0.459 e. The molecule has 0 aromatic carbocycles. The van der Waals surface area contributed by atoms with Crippen LogP contribution in [0.5, 0.6) is 0 Å². The van der Waals surface area contributed by atoms with Crippen molar-refractivity contribution in [2.45, 2.75) is 18.9 Å². The highest BCUT2D eigenvalue weighted by Crippen LogP contribution is 2.19. The van der Waals surface area contributed by atoms with Crippen LogP contribution in [0, 0.1) is 0 Å². The second-order valence-electron chi connectivity index (χ2n) is 6.28. The van der Waals surface area contributed by atoms with Crippen LogP contribution in [0.25, 0.3) is 0 Å². The molecule has 1 saturated heterocycles. The third-order valence-corrected chi connectivity index (χ3v) is 4.42. The van der Waals surface area contributed by atoms with Crippen molar-refractivity contribution < 1.29 is 14.0 Å². The van der Waals surface area contributed by atoms with Crippen LogP contribution >= 0.6 is 0 Å². The topological polar surface area (TPSA) is 91.6 Å². The van der Waals surface area contributed by atoms with Crippen LogP contribution in [-0.4, -0.2) is 59.1 Å². The predicted molar refractivity (Wildman–Crippen MR) is 89.3 cm³/mol. The molecule has 0 bridgehead atoms. The van der Waals surface area contributed by atoms with Crippen molar-refractivity contribution in [3.8, 4) is 0 Å². The molecule has 8 nitrogen and oxygen atoms in total. The first kappa shape index (κ1) is 15.6. The molecule has 2 aromatic rings. The Morgan fingerprint density at radius 1 is 1.08 bits per heavy atom. The van der Waals surface area contributed by atoms with Gasteiger partial charge in [-0.2, -0.15) is 0 Å². The van der Waals surface area contributed by atoms with Gasteiger partial charge in [-0.15, -0.1) is 10.2 Å². The maximum atomic E-state index is 12.3. The van der Waals surface area contributed by atoms with E-state index in [1.807, 2.05) is 0 Å². The number of aromatic nitrogens is 2. The van der Waals surface area contributed by atoms with Crippen LogP contribution in [0.1, 0.15) is 33.9 Å². The lowest BCUT2D eigenvalue weighted by Gasteiger charge is -2.34. The Balaban J connectivity index is 1.34. The van der Waals surface area contributed by atoms with Gasteiger partial charge in [-0.3, -0.25) is 9.59 Å². The molecule has 0 unspecified atom stereocenters. The number of nitrogens with zero attached hydrogens (tertiary/aromatic N) is 4. The number of carbonyl (C=O) groups is 2. The van der Waals surface area contributed by atoms with Crippen LogP contribution in [0.15, 0.2) is 34.9 Å². The first-order chi connectivity index (χ1) is 12.2. The molecule has 3 heterocycles. The van der Waals surface area contributed by atoms with Gasteiger partial charge in [0, 0.05) is 32.2 Å². The Morgan fingerprint density at radius 2 is 1.88 bits per heavy atom. The lowest BCUT2D eigenvalue weighted by Crippen LogP contribution is -2.49. The quantitative estimate of drug-likeness (QED) is 0.889. The van der Waals surface area contributed by atoms with E-state index in [4.69, 9.17) is 4.42 Å². The van der Waals surface area contributed by atoms with Gasteiger partial charge >= 0.3 is 0 Å². The Hall–Kier alpha value is -2.90. The molecule has 0 radical (unpaired) electrons. The van der Waals surface area contributed by atoms with Crippen molar-refractivity contribution in [3.63, 3.8) is 0 Å². The molecule has 2 fully saturated rings. The monoisotopic (exact) mass is 341 g/mol. The summed E-state index contributed by atoms with van der Waals surface area (Å²) in [6.07, 6.45) is 3.58. The number of rotatable bonds is 4. The Labute approximate surface area is 144 Å². The zero-order valence-corrected chi connectivity index (χ0v) is 13.7. The highest BCUT2D eigenvalue weighted by atomic mass is 16.3. The molecule has 8 heteroatoms. The van der Waals surface area contributed by atoms with Gasteiger partial charge in [0.15, 0.2) is 17.3 Å². The van der Waals surface area contributed by atoms with Crippen LogP contribution in [0.4, 0.5) is 5.82 Å². The molecule has 25 heavy (non-hydrogen) atoms. The van der Waals surface area contributed by atoms with Crippen molar-refractivity contribution in [1.29, 1.82) is 0 Å². The minimum Gasteiger partial charge on any atom is -0.459 e. The third kappa shape index (κ3) is 3.47. The first-order valence-electron chi connectivity index (χ1n) is 8.43. The lowest BCUT2D eigenvalue weighted by molar-refractivity contribution is 0.0714. The molecule has 2 aliphatic rings. The molecule has 1 aliphatic carbocycles. The molecule has 0 spiro atoms. The molecule has 1 N–H and O–H groups in total. The normalized spacial score (nSPS) is 17.4. The van der Waals surface area contributed by atoms with Gasteiger partial charge in [0.05, 0.1) is 6.26 Å². The Kier molecular flexibility index (Phi) is 4.09. The van der Waals surface area contributed by atoms with E-state index in [0.29, 0.717) is 49.5 Å². The van der Waals surface area contributed by atoms with Crippen molar-refractivity contribution >= 4 is 17.6 Å². The van der Waals surface area contributed by atoms with E-state index in [1.54, 1.807) is 29.2 Å². The second-order valence-corrected chi connectivity index (χ2v) is 6.28. The summed E-state index contributed by atoms with van der Waals surface area (Å²) in [5, 5.41) is 11.1. The molecular formula is C17H19N5O3. The molecule has 1 aliphatic heterocycles. The van der Waals surface area contributed by atoms with E-state index < -0.39 is 0 Å². The number of anilines is 1. The van der Waals surface area contributed by atoms with Crippen LogP contribution < -0.4 is 10.2 Å². The zero-order valence-electron chi connectivity index (χ0n) is 13.7. The van der Waals surface area contributed by atoms with E-state index in [1.165, 1.54) is 6.26 Å². The van der Waals surface area contributed by atoms with Crippen molar-refractivity contribution in [2.75, 3.05) is 31.1 Å². The van der Waals surface area contributed by atoms with Crippen molar-refractivity contribution in [1.82, 2.24) is 20.4 Å². The summed E-state index contributed by atoms with van der Waals surface area (Å²) >= 11 is 0. The molecule has 2 aromatic heterocycles. The Bertz CT molecular complexity index is 747. The minimum absolute atomic E-state index is 0.0946. The summed E-state index contributed by atoms with van der Waals surface area (Å²) in [6, 6.07) is 7.18. The van der Waals surface area contributed by atoms with Gasteiger partial charge < -0.3 is 19.5 Å². The summed E-state index contributed by atoms with van der Waals surface area (Å²) in [5.41, 5.74) is 0.335. The molecular weight excluding hydrogens is 322 g/mol. The second kappa shape index (κ2) is 6.54. The van der Waals surface area contributed by atoms with Crippen molar-refractivity contribution in [2.24, 2.45) is 0 Å². The van der Waals surface area contributed by atoms with Crippen molar-refractivity contribution in [3.05, 3.63) is 42.0 Å². The average molecular weight is 341 g/mol. The van der Waals surface area contributed by atoms with Crippen LogP contribution in [0.2, 0.25) is 0 Å². The van der Waals surface area contributed by atoms with Gasteiger partial charge in [-0.25, -0.2) is 0 Å². The van der Waals surface area contributed by atoms with Crippen LogP contribution in [0.3, 0.4) is 0 Å². The highest BCUT2D eigenvalue weighted by molar-refractivity contribution is 5.92. The SMILES string of the molecule is O=C(NC1CC1)c1ccc(N2CCN(C(=O)c3ccco3)CC2)nn1. The first-order valence-corrected chi connectivity index (χ1v) is 8.43. The van der Waals surface area contributed by atoms with Gasteiger partial charge in [-0.1, -0.05) is 0 Å². The number of carbonyl (C=O) groups excluding carboxylic acids is 2. The van der Waals surface area contributed by atoms with Gasteiger partial charge in [0.25, 0.3) is 11.8 Å². The number of piperazine rings is 1. The number of amides is 2. The minimum atomic E-state index is -0.171. The van der Waals surface area contributed by atoms with E-state index in [9.17, 15) is 9.59 Å². The van der Waals surface area contributed by atoms with E-state index in [-0.39, 0.29) is 11.8 Å². The maximum Gasteiger partial charge on any atom is 0.289 e. The summed E-state index contributed by atoms with van der Waals surface area (Å²) in [7, 11) is 0. The van der Waals surface area contributed by atoms with E-state index in [2.05, 4.69) is 20.4 Å². The fourth-order valence-corrected chi connectivity index (χ4v) is 2.80. The smallest absolute Gasteiger partial charge is 0.289 e. The predicted octanol–water partition coefficient (Wildman–Crippen LogP) is 0.924. The standard InChI is InChI=1S/C17H19N5O3/c23-16(18-12-3-4-12)13-5-6-15(20-19-13)21-7-9-22(10-8-21)17(24)14-2-1-11-25-14/h1-2,5-6,11-12H,3-4,7-10H2,(H,18,23). The van der Waals surface area contributed by atoms with Gasteiger partial charge in [0.2, 0.25) is 0 Å². The van der Waals surface area contributed by atoms with E-state index >= 15 is 0 Å². The molecule has 1 saturated carbocycles. The number of hydrogen-bond donors (Lipinski definition) is 1.